The number of rotatable bonds is 4. The zero-order valence-electron chi connectivity index (χ0n) is 15.3. The van der Waals surface area contributed by atoms with Crippen LogP contribution in [-0.2, 0) is 4.79 Å². The quantitative estimate of drug-likeness (QED) is 0.826. The zero-order valence-corrected chi connectivity index (χ0v) is 15.3. The first-order chi connectivity index (χ1) is 13.1. The van der Waals surface area contributed by atoms with Gasteiger partial charge in [0.2, 0.25) is 11.7 Å². The van der Waals surface area contributed by atoms with E-state index < -0.39 is 6.04 Å². The van der Waals surface area contributed by atoms with E-state index in [1.807, 2.05) is 35.2 Å². The van der Waals surface area contributed by atoms with Crippen LogP contribution in [0.15, 0.2) is 41.1 Å². The molecule has 2 amide bonds. The number of hydrogen-bond acceptors (Lipinski definition) is 5. The largest absolute Gasteiger partial charge is 0.488 e. The van der Waals surface area contributed by atoms with Gasteiger partial charge in [-0.1, -0.05) is 18.2 Å². The molecule has 27 heavy (non-hydrogen) atoms. The summed E-state index contributed by atoms with van der Waals surface area (Å²) in [7, 11) is 0. The van der Waals surface area contributed by atoms with E-state index in [-0.39, 0.29) is 23.7 Å². The van der Waals surface area contributed by atoms with Crippen LogP contribution in [0.1, 0.15) is 35.5 Å². The summed E-state index contributed by atoms with van der Waals surface area (Å²) in [5.41, 5.74) is 0.528. The van der Waals surface area contributed by atoms with Crippen molar-refractivity contribution in [2.75, 3.05) is 19.6 Å². The number of aryl methyl sites for hydroxylation is 1. The van der Waals surface area contributed by atoms with Crippen molar-refractivity contribution < 1.29 is 18.7 Å². The lowest BCUT2D eigenvalue weighted by molar-refractivity contribution is -0.134. The van der Waals surface area contributed by atoms with Crippen molar-refractivity contribution in [3.63, 3.8) is 0 Å². The summed E-state index contributed by atoms with van der Waals surface area (Å²) < 4.78 is 11.3. The van der Waals surface area contributed by atoms with E-state index >= 15 is 0 Å². The molecule has 2 fully saturated rings. The second-order valence-electron chi connectivity index (χ2n) is 7.06. The van der Waals surface area contributed by atoms with Crippen LogP contribution < -0.4 is 4.74 Å². The van der Waals surface area contributed by atoms with Gasteiger partial charge in [-0.15, -0.1) is 0 Å². The highest BCUT2D eigenvalue weighted by molar-refractivity contribution is 5.96. The molecule has 2 aliphatic heterocycles. The van der Waals surface area contributed by atoms with E-state index in [1.54, 1.807) is 11.8 Å². The van der Waals surface area contributed by atoms with Gasteiger partial charge in [0.1, 0.15) is 17.9 Å². The van der Waals surface area contributed by atoms with Gasteiger partial charge in [-0.25, -0.2) is 4.98 Å². The molecular weight excluding hydrogens is 346 g/mol. The molecular formula is C20H23N3O4. The molecule has 4 rings (SSSR count). The molecule has 7 heteroatoms. The van der Waals surface area contributed by atoms with Crippen molar-refractivity contribution >= 4 is 11.8 Å². The summed E-state index contributed by atoms with van der Waals surface area (Å²) in [6, 6.07) is 8.94. The van der Waals surface area contributed by atoms with E-state index in [9.17, 15) is 9.59 Å². The van der Waals surface area contributed by atoms with Crippen molar-refractivity contribution in [2.45, 2.75) is 38.3 Å². The van der Waals surface area contributed by atoms with E-state index in [1.165, 1.54) is 6.39 Å². The lowest BCUT2D eigenvalue weighted by Gasteiger charge is -2.26. The SMILES string of the molecule is Cc1ncoc1C(=O)N1C[C@@H](Oc2ccccc2)C[C@H]1C(=O)N1CCCC1. The van der Waals surface area contributed by atoms with Crippen LogP contribution in [-0.4, -0.2) is 58.4 Å². The molecule has 0 N–H and O–H groups in total. The molecule has 142 valence electrons. The number of oxazole rings is 1. The van der Waals surface area contributed by atoms with Gasteiger partial charge in [0.15, 0.2) is 6.39 Å². The molecule has 1 aromatic heterocycles. The molecule has 0 radical (unpaired) electrons. The fourth-order valence-electron chi connectivity index (χ4n) is 3.82. The number of amides is 2. The third-order valence-electron chi connectivity index (χ3n) is 5.21. The highest BCUT2D eigenvalue weighted by Gasteiger charge is 2.44. The molecule has 1 aromatic carbocycles. The summed E-state index contributed by atoms with van der Waals surface area (Å²) in [4.78, 5) is 33.5. The molecule has 0 spiro atoms. The Bertz CT molecular complexity index is 814. The number of carbonyl (C=O) groups excluding carboxylic acids is 2. The smallest absolute Gasteiger partial charge is 0.292 e. The lowest BCUT2D eigenvalue weighted by atomic mass is 10.1. The van der Waals surface area contributed by atoms with Crippen LogP contribution in [0.2, 0.25) is 0 Å². The number of para-hydroxylation sites is 1. The van der Waals surface area contributed by atoms with Crippen LogP contribution >= 0.6 is 0 Å². The molecule has 2 aromatic rings. The fraction of sp³-hybridized carbons (Fsp3) is 0.450. The molecule has 7 nitrogen and oxygen atoms in total. The highest BCUT2D eigenvalue weighted by atomic mass is 16.5. The Balaban J connectivity index is 1.56. The van der Waals surface area contributed by atoms with Crippen LogP contribution in [0.5, 0.6) is 5.75 Å². The first-order valence-electron chi connectivity index (χ1n) is 9.35. The molecule has 0 bridgehead atoms. The molecule has 0 saturated carbocycles. The second-order valence-corrected chi connectivity index (χ2v) is 7.06. The summed E-state index contributed by atoms with van der Waals surface area (Å²) >= 11 is 0. The maximum atomic E-state index is 13.0. The number of nitrogens with zero attached hydrogens (tertiary/aromatic N) is 3. The third-order valence-corrected chi connectivity index (χ3v) is 5.21. The molecule has 0 aliphatic carbocycles. The minimum absolute atomic E-state index is 0.00261. The number of likely N-dealkylation sites (tertiary alicyclic amines) is 2. The average molecular weight is 369 g/mol. The zero-order chi connectivity index (χ0) is 18.8. The van der Waals surface area contributed by atoms with Gasteiger partial charge in [-0.05, 0) is 31.9 Å². The third kappa shape index (κ3) is 3.54. The topological polar surface area (TPSA) is 75.9 Å². The number of hydrogen-bond donors (Lipinski definition) is 0. The molecule has 2 saturated heterocycles. The summed E-state index contributed by atoms with van der Waals surface area (Å²) in [5.74, 6) is 0.619. The monoisotopic (exact) mass is 369 g/mol. The van der Waals surface area contributed by atoms with E-state index in [0.717, 1.165) is 31.7 Å². The van der Waals surface area contributed by atoms with E-state index in [0.29, 0.717) is 18.7 Å². The van der Waals surface area contributed by atoms with Crippen molar-refractivity contribution in [1.82, 2.24) is 14.8 Å². The lowest BCUT2D eigenvalue weighted by Crippen LogP contribution is -2.47. The van der Waals surface area contributed by atoms with Gasteiger partial charge in [0.05, 0.1) is 12.2 Å². The number of aromatic nitrogens is 1. The van der Waals surface area contributed by atoms with Gasteiger partial charge in [-0.3, -0.25) is 9.59 Å². The standard InChI is InChI=1S/C20H23N3O4/c1-14-18(26-13-21-14)20(25)23-12-16(27-15-7-3-2-4-8-15)11-17(23)19(24)22-9-5-6-10-22/h2-4,7-8,13,16-17H,5-6,9-12H2,1H3/t16-,17-/m0/s1. The highest BCUT2D eigenvalue weighted by Crippen LogP contribution is 2.27. The van der Waals surface area contributed by atoms with E-state index in [4.69, 9.17) is 9.15 Å². The maximum Gasteiger partial charge on any atom is 0.292 e. The van der Waals surface area contributed by atoms with Crippen molar-refractivity contribution in [3.05, 3.63) is 48.2 Å². The Morgan fingerprint density at radius 2 is 1.93 bits per heavy atom. The summed E-state index contributed by atoms with van der Waals surface area (Å²) in [6.45, 7) is 3.58. The summed E-state index contributed by atoms with van der Waals surface area (Å²) in [6.07, 6.45) is 3.52. The van der Waals surface area contributed by atoms with Crippen molar-refractivity contribution in [3.8, 4) is 5.75 Å². The molecule has 3 heterocycles. The predicted octanol–water partition coefficient (Wildman–Crippen LogP) is 2.27. The van der Waals surface area contributed by atoms with Crippen LogP contribution in [0.4, 0.5) is 0 Å². The molecule has 0 unspecified atom stereocenters. The first kappa shape index (κ1) is 17.6. The first-order valence-corrected chi connectivity index (χ1v) is 9.35. The average Bonchev–Trinajstić information content (AvgIpc) is 3.42. The molecule has 2 aliphatic rings. The van der Waals surface area contributed by atoms with Crippen LogP contribution in [0.3, 0.4) is 0 Å². The number of ether oxygens (including phenoxy) is 1. The Labute approximate surface area is 157 Å². The second kappa shape index (κ2) is 7.42. The Kier molecular flexibility index (Phi) is 4.83. The minimum atomic E-state index is -0.534. The predicted molar refractivity (Wildman–Crippen MR) is 97.4 cm³/mol. The fourth-order valence-corrected chi connectivity index (χ4v) is 3.82. The van der Waals surface area contributed by atoms with Crippen molar-refractivity contribution in [2.24, 2.45) is 0 Å². The van der Waals surface area contributed by atoms with Gasteiger partial charge < -0.3 is 19.0 Å². The van der Waals surface area contributed by atoms with Crippen molar-refractivity contribution in [1.29, 1.82) is 0 Å². The molecule has 2 atom stereocenters. The number of benzene rings is 1. The van der Waals surface area contributed by atoms with Crippen LogP contribution in [0, 0.1) is 6.92 Å². The Morgan fingerprint density at radius 3 is 2.59 bits per heavy atom. The van der Waals surface area contributed by atoms with Gasteiger partial charge in [0.25, 0.3) is 5.91 Å². The maximum absolute atomic E-state index is 13.0. The summed E-state index contributed by atoms with van der Waals surface area (Å²) in [5, 5.41) is 0. The Morgan fingerprint density at radius 1 is 1.19 bits per heavy atom. The van der Waals surface area contributed by atoms with Gasteiger partial charge in [0, 0.05) is 19.5 Å². The van der Waals surface area contributed by atoms with Crippen LogP contribution in [0.25, 0.3) is 0 Å². The van der Waals surface area contributed by atoms with Gasteiger partial charge in [-0.2, -0.15) is 0 Å². The minimum Gasteiger partial charge on any atom is -0.488 e. The van der Waals surface area contributed by atoms with E-state index in [2.05, 4.69) is 4.98 Å². The Hall–Kier alpha value is -2.83. The number of carbonyl (C=O) groups is 2. The van der Waals surface area contributed by atoms with Gasteiger partial charge >= 0.3 is 0 Å². The normalized spacial score (nSPS) is 22.3.